The highest BCUT2D eigenvalue weighted by Gasteiger charge is 2.21. The van der Waals surface area contributed by atoms with Gasteiger partial charge in [0.25, 0.3) is 5.91 Å². The highest BCUT2D eigenvalue weighted by molar-refractivity contribution is 5.98. The van der Waals surface area contributed by atoms with Crippen molar-refractivity contribution in [1.29, 1.82) is 0 Å². The molecule has 0 aliphatic carbocycles. The van der Waals surface area contributed by atoms with E-state index in [1.807, 2.05) is 12.2 Å². The third-order valence-corrected chi connectivity index (χ3v) is 2.85. The number of para-hydroxylation sites is 1. The number of carbonyl (C=O) groups is 1. The Morgan fingerprint density at radius 3 is 2.95 bits per heavy atom. The Bertz CT molecular complexity index is 560. The molecular weight excluding hydrogens is 242 g/mol. The molecule has 0 radical (unpaired) electrons. The van der Waals surface area contributed by atoms with Crippen LogP contribution in [0.15, 0.2) is 47.5 Å². The van der Waals surface area contributed by atoms with E-state index >= 15 is 0 Å². The Kier molecular flexibility index (Phi) is 3.66. The van der Waals surface area contributed by atoms with Gasteiger partial charge < -0.3 is 15.7 Å². The number of amides is 1. The van der Waals surface area contributed by atoms with E-state index in [9.17, 15) is 9.90 Å². The lowest BCUT2D eigenvalue weighted by atomic mass is 10.1. The van der Waals surface area contributed by atoms with Crippen LogP contribution in [0.4, 0.5) is 5.69 Å². The smallest absolute Gasteiger partial charge is 0.259 e. The van der Waals surface area contributed by atoms with E-state index in [0.29, 0.717) is 0 Å². The minimum atomic E-state index is -0.400. The second-order valence-corrected chi connectivity index (χ2v) is 4.14. The fraction of sp³-hybridized carbons (Fsp3) is 0.143. The predicted octanol–water partition coefficient (Wildman–Crippen LogP) is 1.57. The molecule has 0 bridgehead atoms. The summed E-state index contributed by atoms with van der Waals surface area (Å²) in [6, 6.07) is 4.70. The van der Waals surface area contributed by atoms with E-state index in [0.717, 1.165) is 0 Å². The van der Waals surface area contributed by atoms with Gasteiger partial charge in [0.2, 0.25) is 0 Å². The Labute approximate surface area is 111 Å². The van der Waals surface area contributed by atoms with Crippen LogP contribution in [0.25, 0.3) is 0 Å². The van der Waals surface area contributed by atoms with Gasteiger partial charge in [0.1, 0.15) is 6.17 Å². The van der Waals surface area contributed by atoms with E-state index in [-0.39, 0.29) is 22.9 Å². The van der Waals surface area contributed by atoms with E-state index < -0.39 is 6.17 Å². The van der Waals surface area contributed by atoms with Gasteiger partial charge in [-0.25, -0.2) is 0 Å². The Morgan fingerprint density at radius 2 is 2.16 bits per heavy atom. The minimum absolute atomic E-state index is 0.170. The number of likely N-dealkylation sites (N-methyl/N-ethyl adjacent to an activating group) is 1. The number of phenols is 1. The molecule has 1 heterocycles. The molecule has 0 saturated heterocycles. The minimum Gasteiger partial charge on any atom is -0.505 e. The van der Waals surface area contributed by atoms with Crippen LogP contribution in [-0.2, 0) is 0 Å². The van der Waals surface area contributed by atoms with Gasteiger partial charge in [-0.1, -0.05) is 18.2 Å². The normalized spacial score (nSPS) is 17.2. The first-order valence-electron chi connectivity index (χ1n) is 5.82. The van der Waals surface area contributed by atoms with Crippen molar-refractivity contribution in [2.45, 2.75) is 6.17 Å². The van der Waals surface area contributed by atoms with Crippen LogP contribution in [0.5, 0.6) is 5.75 Å². The fourth-order valence-electron chi connectivity index (χ4n) is 1.74. The number of allylic oxidation sites excluding steroid dienone is 3. The average Bonchev–Trinajstić information content (AvgIpc) is 2.69. The number of nitrogens with zero attached hydrogens (tertiary/aromatic N) is 2. The molecule has 1 aliphatic heterocycles. The summed E-state index contributed by atoms with van der Waals surface area (Å²) in [6.07, 6.45) is 8.46. The molecule has 5 nitrogen and oxygen atoms in total. The van der Waals surface area contributed by atoms with Gasteiger partial charge in [0.05, 0.1) is 11.3 Å². The standard InChI is InChI=1S/C14H15N3O2/c1-17(12-8-3-2-4-9-16-12)14(19)10-6-5-7-11(15)13(10)18/h2-9,12,18H,15H2,1H3. The SMILES string of the molecule is CN(C(=O)c1cccc(N)c1O)C1C=CC=CC=N1. The summed E-state index contributed by atoms with van der Waals surface area (Å²) in [7, 11) is 1.63. The van der Waals surface area contributed by atoms with Crippen molar-refractivity contribution in [2.24, 2.45) is 4.99 Å². The third-order valence-electron chi connectivity index (χ3n) is 2.85. The molecule has 3 N–H and O–H groups in total. The molecule has 98 valence electrons. The molecule has 19 heavy (non-hydrogen) atoms. The van der Waals surface area contributed by atoms with E-state index in [1.54, 1.807) is 37.5 Å². The van der Waals surface area contributed by atoms with Crippen LogP contribution >= 0.6 is 0 Å². The number of phenolic OH excluding ortho intramolecular Hbond substituents is 1. The second kappa shape index (κ2) is 5.39. The zero-order chi connectivity index (χ0) is 13.8. The van der Waals surface area contributed by atoms with Gasteiger partial charge >= 0.3 is 0 Å². The van der Waals surface area contributed by atoms with Crippen LogP contribution in [0.3, 0.4) is 0 Å². The lowest BCUT2D eigenvalue weighted by Gasteiger charge is -2.22. The van der Waals surface area contributed by atoms with E-state index in [2.05, 4.69) is 4.99 Å². The molecule has 1 aromatic carbocycles. The average molecular weight is 257 g/mol. The lowest BCUT2D eigenvalue weighted by Crippen LogP contribution is -2.34. The van der Waals surface area contributed by atoms with Crippen molar-refractivity contribution >= 4 is 17.8 Å². The molecule has 1 atom stereocenters. The van der Waals surface area contributed by atoms with Crippen molar-refractivity contribution in [2.75, 3.05) is 12.8 Å². The molecule has 0 fully saturated rings. The number of aromatic hydroxyl groups is 1. The summed E-state index contributed by atoms with van der Waals surface area (Å²) in [5.41, 5.74) is 5.94. The molecular formula is C14H15N3O2. The number of nitrogens with two attached hydrogens (primary N) is 1. The summed E-state index contributed by atoms with van der Waals surface area (Å²) in [4.78, 5) is 18.0. The molecule has 2 rings (SSSR count). The third kappa shape index (κ3) is 2.65. The van der Waals surface area contributed by atoms with Gasteiger partial charge in [-0.15, -0.1) is 0 Å². The van der Waals surface area contributed by atoms with Crippen LogP contribution in [-0.4, -0.2) is 35.3 Å². The van der Waals surface area contributed by atoms with Crippen molar-refractivity contribution < 1.29 is 9.90 Å². The number of anilines is 1. The number of nitrogen functional groups attached to an aromatic ring is 1. The van der Waals surface area contributed by atoms with E-state index in [1.165, 1.54) is 11.0 Å². The lowest BCUT2D eigenvalue weighted by molar-refractivity contribution is 0.0762. The summed E-state index contributed by atoms with van der Waals surface area (Å²) >= 11 is 0. The predicted molar refractivity (Wildman–Crippen MR) is 75.2 cm³/mol. The molecule has 1 aliphatic rings. The molecule has 1 unspecified atom stereocenters. The van der Waals surface area contributed by atoms with Crippen molar-refractivity contribution in [3.63, 3.8) is 0 Å². The summed E-state index contributed by atoms with van der Waals surface area (Å²) in [5.74, 6) is -0.530. The number of hydrogen-bond donors (Lipinski definition) is 2. The van der Waals surface area contributed by atoms with Gasteiger partial charge in [-0.2, -0.15) is 0 Å². The maximum Gasteiger partial charge on any atom is 0.259 e. The number of hydrogen-bond acceptors (Lipinski definition) is 4. The molecule has 0 spiro atoms. The summed E-state index contributed by atoms with van der Waals surface area (Å²) in [5, 5.41) is 9.83. The molecule has 1 amide bonds. The van der Waals surface area contributed by atoms with Crippen LogP contribution in [0, 0.1) is 0 Å². The number of benzene rings is 1. The fourth-order valence-corrected chi connectivity index (χ4v) is 1.74. The topological polar surface area (TPSA) is 78.9 Å². The highest BCUT2D eigenvalue weighted by Crippen LogP contribution is 2.26. The molecule has 0 aromatic heterocycles. The quantitative estimate of drug-likeness (QED) is 0.623. The van der Waals surface area contributed by atoms with Crippen molar-refractivity contribution in [3.8, 4) is 5.75 Å². The number of carbonyl (C=O) groups excluding carboxylic acids is 1. The van der Waals surface area contributed by atoms with Crippen molar-refractivity contribution in [1.82, 2.24) is 4.90 Å². The van der Waals surface area contributed by atoms with Gasteiger partial charge in [0.15, 0.2) is 5.75 Å². The van der Waals surface area contributed by atoms with Crippen LogP contribution in [0.1, 0.15) is 10.4 Å². The van der Waals surface area contributed by atoms with Crippen LogP contribution in [0.2, 0.25) is 0 Å². The largest absolute Gasteiger partial charge is 0.505 e. The number of rotatable bonds is 2. The molecule has 5 heteroatoms. The van der Waals surface area contributed by atoms with Gasteiger partial charge in [0, 0.05) is 13.3 Å². The zero-order valence-corrected chi connectivity index (χ0v) is 10.5. The first kappa shape index (κ1) is 12.9. The Morgan fingerprint density at radius 1 is 1.37 bits per heavy atom. The Balaban J connectivity index is 2.26. The first-order chi connectivity index (χ1) is 9.11. The molecule has 0 saturated carbocycles. The number of aliphatic imine (C=N–C) groups is 1. The first-order valence-corrected chi connectivity index (χ1v) is 5.82. The van der Waals surface area contributed by atoms with Gasteiger partial charge in [-0.3, -0.25) is 9.79 Å². The highest BCUT2D eigenvalue weighted by atomic mass is 16.3. The monoisotopic (exact) mass is 257 g/mol. The second-order valence-electron chi connectivity index (χ2n) is 4.14. The van der Waals surface area contributed by atoms with Crippen molar-refractivity contribution in [3.05, 3.63) is 48.1 Å². The summed E-state index contributed by atoms with van der Waals surface area (Å²) in [6.45, 7) is 0. The van der Waals surface area contributed by atoms with E-state index in [4.69, 9.17) is 5.73 Å². The van der Waals surface area contributed by atoms with Gasteiger partial charge in [-0.05, 0) is 24.3 Å². The maximum absolute atomic E-state index is 12.3. The Hall–Kier alpha value is -2.56. The summed E-state index contributed by atoms with van der Waals surface area (Å²) < 4.78 is 0. The maximum atomic E-state index is 12.3. The molecule has 1 aromatic rings. The zero-order valence-electron chi connectivity index (χ0n) is 10.5. The van der Waals surface area contributed by atoms with Crippen LogP contribution < -0.4 is 5.73 Å².